The second kappa shape index (κ2) is 6.96. The van der Waals surface area contributed by atoms with Crippen molar-refractivity contribution in [2.75, 3.05) is 13.2 Å². The topological polar surface area (TPSA) is 116 Å². The summed E-state index contributed by atoms with van der Waals surface area (Å²) in [6.07, 6.45) is -2.61. The van der Waals surface area contributed by atoms with Crippen molar-refractivity contribution in [3.63, 3.8) is 0 Å². The van der Waals surface area contributed by atoms with Gasteiger partial charge < -0.3 is 19.5 Å². The zero-order chi connectivity index (χ0) is 10.8. The van der Waals surface area contributed by atoms with Gasteiger partial charge in [-0.2, -0.15) is 0 Å². The second-order valence-electron chi connectivity index (χ2n) is 3.02. The normalized spacial score (nSPS) is 32.1. The summed E-state index contributed by atoms with van der Waals surface area (Å²) in [6, 6.07) is 0. The van der Waals surface area contributed by atoms with Gasteiger partial charge in [-0.25, -0.2) is 8.42 Å². The zero-order valence-electron chi connectivity index (χ0n) is 8.20. The fourth-order valence-corrected chi connectivity index (χ4v) is 1.45. The van der Waals surface area contributed by atoms with E-state index in [4.69, 9.17) is 9.84 Å². The van der Waals surface area contributed by atoms with Gasteiger partial charge in [0.1, 0.15) is 6.10 Å². The molecule has 15 heavy (non-hydrogen) atoms. The van der Waals surface area contributed by atoms with Crippen LogP contribution in [0.25, 0.3) is 0 Å². The van der Waals surface area contributed by atoms with E-state index in [0.717, 1.165) is 0 Å². The molecule has 3 unspecified atom stereocenters. The molecule has 1 aliphatic heterocycles. The molecule has 0 saturated carbocycles. The van der Waals surface area contributed by atoms with E-state index in [-0.39, 0.29) is 64.4 Å². The molecule has 1 fully saturated rings. The maximum absolute atomic E-state index is 10.1. The smallest absolute Gasteiger partial charge is 0.726 e. The van der Waals surface area contributed by atoms with E-state index in [9.17, 15) is 18.1 Å². The first-order chi connectivity index (χ1) is 6.38. The molecule has 2 N–H and O–H groups in total. The van der Waals surface area contributed by atoms with Gasteiger partial charge in [0.15, 0.2) is 0 Å². The summed E-state index contributed by atoms with van der Waals surface area (Å²) >= 11 is 0. The van der Waals surface area contributed by atoms with E-state index < -0.39 is 35.3 Å². The molecule has 0 spiro atoms. The van der Waals surface area contributed by atoms with Gasteiger partial charge >= 0.3 is 51.4 Å². The number of ether oxygens (including phenoxy) is 1. The predicted molar refractivity (Wildman–Crippen MR) is 42.0 cm³/mol. The Kier molecular flexibility index (Phi) is 7.61. The van der Waals surface area contributed by atoms with Crippen molar-refractivity contribution < 1.29 is 83.5 Å². The van der Waals surface area contributed by atoms with Crippen LogP contribution >= 0.6 is 0 Å². The fourth-order valence-electron chi connectivity index (χ4n) is 1.15. The first-order valence-electron chi connectivity index (χ1n) is 3.96. The summed E-state index contributed by atoms with van der Waals surface area (Å²) in [7, 11) is -4.76. The van der Waals surface area contributed by atoms with Crippen molar-refractivity contribution in [3.05, 3.63) is 0 Å². The van der Waals surface area contributed by atoms with Crippen molar-refractivity contribution in [2.45, 2.75) is 24.7 Å². The SMILES string of the molecule is O=S(=O)([O-])OCC1OCC(O)CC1O.[K+]. The average Bonchev–Trinajstić information content (AvgIpc) is 2.00. The Morgan fingerprint density at radius 3 is 2.53 bits per heavy atom. The molecule has 1 rings (SSSR count). The molecule has 1 aliphatic rings. The first kappa shape index (κ1) is 16.4. The van der Waals surface area contributed by atoms with Gasteiger partial charge in [-0.1, -0.05) is 0 Å². The molecular formula is C6H11KO7S. The Labute approximate surface area is 130 Å². The van der Waals surface area contributed by atoms with Crippen LogP contribution < -0.4 is 51.4 Å². The molecule has 0 bridgehead atoms. The van der Waals surface area contributed by atoms with E-state index >= 15 is 0 Å². The summed E-state index contributed by atoms with van der Waals surface area (Å²) in [5.41, 5.74) is 0. The van der Waals surface area contributed by atoms with Crippen molar-refractivity contribution in [1.29, 1.82) is 0 Å². The zero-order valence-corrected chi connectivity index (χ0v) is 12.1. The Morgan fingerprint density at radius 2 is 2.07 bits per heavy atom. The van der Waals surface area contributed by atoms with Crippen molar-refractivity contribution in [2.24, 2.45) is 0 Å². The largest absolute Gasteiger partial charge is 1.00 e. The third kappa shape index (κ3) is 6.63. The Morgan fingerprint density at radius 1 is 1.47 bits per heavy atom. The van der Waals surface area contributed by atoms with Crippen LogP contribution in [0, 0.1) is 0 Å². The van der Waals surface area contributed by atoms with Crippen LogP contribution in [-0.4, -0.2) is 54.7 Å². The summed E-state index contributed by atoms with van der Waals surface area (Å²) in [6.45, 7) is -0.538. The maximum atomic E-state index is 10.1. The van der Waals surface area contributed by atoms with E-state index in [0.29, 0.717) is 0 Å². The quantitative estimate of drug-likeness (QED) is 0.298. The molecule has 3 atom stereocenters. The van der Waals surface area contributed by atoms with E-state index in [1.807, 2.05) is 0 Å². The third-order valence-corrected chi connectivity index (χ3v) is 2.25. The minimum atomic E-state index is -4.76. The molecule has 84 valence electrons. The summed E-state index contributed by atoms with van der Waals surface area (Å²) in [5, 5.41) is 18.3. The molecule has 7 nitrogen and oxygen atoms in total. The summed E-state index contributed by atoms with van der Waals surface area (Å²) in [4.78, 5) is 0. The molecule has 1 heterocycles. The number of aliphatic hydroxyl groups is 2. The third-order valence-electron chi connectivity index (χ3n) is 1.82. The first-order valence-corrected chi connectivity index (χ1v) is 5.30. The number of hydrogen-bond donors (Lipinski definition) is 2. The van der Waals surface area contributed by atoms with Crippen LogP contribution in [0.2, 0.25) is 0 Å². The minimum absolute atomic E-state index is 0. The van der Waals surface area contributed by atoms with Crippen molar-refractivity contribution >= 4 is 10.4 Å². The fraction of sp³-hybridized carbons (Fsp3) is 1.00. The molecule has 9 heteroatoms. The number of hydrogen-bond acceptors (Lipinski definition) is 7. The summed E-state index contributed by atoms with van der Waals surface area (Å²) < 4.78 is 39.0. The van der Waals surface area contributed by atoms with Crippen LogP contribution in [0.3, 0.4) is 0 Å². The molecule has 0 amide bonds. The maximum Gasteiger partial charge on any atom is 1.00 e. The Hall–Kier alpha value is 1.39. The molecule has 1 saturated heterocycles. The number of aliphatic hydroxyl groups excluding tert-OH is 2. The van der Waals surface area contributed by atoms with E-state index in [1.165, 1.54) is 0 Å². The standard InChI is InChI=1S/C6H12O7S.K/c7-4-1-5(8)6(12-2-4)3-13-14(9,10)11;/h4-8H,1-3H2,(H,9,10,11);/q;+1/p-1. The van der Waals surface area contributed by atoms with Gasteiger partial charge in [0.25, 0.3) is 0 Å². The molecular weight excluding hydrogens is 255 g/mol. The van der Waals surface area contributed by atoms with Gasteiger partial charge in [-0.3, -0.25) is 4.18 Å². The van der Waals surface area contributed by atoms with Crippen molar-refractivity contribution in [3.8, 4) is 0 Å². The van der Waals surface area contributed by atoms with Crippen molar-refractivity contribution in [1.82, 2.24) is 0 Å². The summed E-state index contributed by atoms with van der Waals surface area (Å²) in [5.74, 6) is 0. The monoisotopic (exact) mass is 266 g/mol. The van der Waals surface area contributed by atoms with Gasteiger partial charge in [-0.05, 0) is 0 Å². The Bertz CT molecular complexity index is 279. The molecule has 0 aromatic rings. The van der Waals surface area contributed by atoms with E-state index in [2.05, 4.69) is 4.18 Å². The minimum Gasteiger partial charge on any atom is -0.726 e. The van der Waals surface area contributed by atoms with Crippen LogP contribution in [-0.2, 0) is 19.3 Å². The van der Waals surface area contributed by atoms with Crippen LogP contribution in [0.4, 0.5) is 0 Å². The van der Waals surface area contributed by atoms with Gasteiger partial charge in [0, 0.05) is 6.42 Å². The Balaban J connectivity index is 0.00000196. The van der Waals surface area contributed by atoms with E-state index in [1.54, 1.807) is 0 Å². The van der Waals surface area contributed by atoms with Gasteiger partial charge in [0.05, 0.1) is 25.4 Å². The molecule has 0 aromatic heterocycles. The molecule has 0 radical (unpaired) electrons. The van der Waals surface area contributed by atoms with Crippen LogP contribution in [0.1, 0.15) is 6.42 Å². The average molecular weight is 266 g/mol. The van der Waals surface area contributed by atoms with Gasteiger partial charge in [-0.15, -0.1) is 0 Å². The molecule has 0 aromatic carbocycles. The second-order valence-corrected chi connectivity index (χ2v) is 4.07. The van der Waals surface area contributed by atoms with Crippen LogP contribution in [0.5, 0.6) is 0 Å². The molecule has 0 aliphatic carbocycles. The van der Waals surface area contributed by atoms with Gasteiger partial charge in [0.2, 0.25) is 10.4 Å². The predicted octanol–water partition coefficient (Wildman–Crippen LogP) is -5.02. The number of rotatable bonds is 3. The van der Waals surface area contributed by atoms with Crippen LogP contribution in [0.15, 0.2) is 0 Å².